The minimum Gasteiger partial charge on any atom is -0.325 e. The fraction of sp³-hybridized carbons (Fsp3) is 0.462. The van der Waals surface area contributed by atoms with E-state index in [9.17, 15) is 13.2 Å². The monoisotopic (exact) mass is 297 g/mol. The topological polar surface area (TPSA) is 101 Å². The van der Waals surface area contributed by atoms with Gasteiger partial charge >= 0.3 is 0 Å². The Balaban J connectivity index is 1.94. The molecule has 1 amide bonds. The number of anilines is 1. The standard InChI is InChI=1S/C13H19N3O3S/c14-20(18,19)9-10-4-6-11(7-5-10)16-13(17)12-3-1-2-8-15-12/h4-7,12,15H,1-3,8-9H2,(H,16,17)(H2,14,18,19)/t12-/m0/s1. The van der Waals surface area contributed by atoms with Crippen molar-refractivity contribution in [3.63, 3.8) is 0 Å². The molecule has 2 rings (SSSR count). The van der Waals surface area contributed by atoms with Crippen molar-refractivity contribution in [1.29, 1.82) is 0 Å². The molecule has 0 unspecified atom stereocenters. The Morgan fingerprint density at radius 1 is 1.30 bits per heavy atom. The van der Waals surface area contributed by atoms with Crippen molar-refractivity contribution in [2.45, 2.75) is 31.1 Å². The summed E-state index contributed by atoms with van der Waals surface area (Å²) < 4.78 is 21.9. The highest BCUT2D eigenvalue weighted by molar-refractivity contribution is 7.88. The van der Waals surface area contributed by atoms with Gasteiger partial charge in [-0.1, -0.05) is 18.6 Å². The van der Waals surface area contributed by atoms with E-state index < -0.39 is 10.0 Å². The predicted octanol–water partition coefficient (Wildman–Crippen LogP) is 0.556. The van der Waals surface area contributed by atoms with Gasteiger partial charge in [0.25, 0.3) is 0 Å². The summed E-state index contributed by atoms with van der Waals surface area (Å²) in [6.07, 6.45) is 3.00. The molecule has 0 aliphatic carbocycles. The van der Waals surface area contributed by atoms with Gasteiger partial charge in [-0.05, 0) is 37.1 Å². The Bertz CT molecular complexity index is 563. The minimum atomic E-state index is -3.53. The second kappa shape index (κ2) is 6.34. The fourth-order valence-corrected chi connectivity index (χ4v) is 2.88. The van der Waals surface area contributed by atoms with Crippen molar-refractivity contribution < 1.29 is 13.2 Å². The molecule has 0 spiro atoms. The molecule has 1 aromatic rings. The third-order valence-electron chi connectivity index (χ3n) is 3.22. The van der Waals surface area contributed by atoms with Crippen LogP contribution >= 0.6 is 0 Å². The van der Waals surface area contributed by atoms with Crippen LogP contribution in [-0.2, 0) is 20.6 Å². The summed E-state index contributed by atoms with van der Waals surface area (Å²) in [6.45, 7) is 0.866. The van der Waals surface area contributed by atoms with Gasteiger partial charge in [0, 0.05) is 5.69 Å². The second-order valence-corrected chi connectivity index (χ2v) is 6.61. The Labute approximate surface area is 118 Å². The van der Waals surface area contributed by atoms with Crippen LogP contribution in [0, 0.1) is 0 Å². The summed E-state index contributed by atoms with van der Waals surface area (Å²) in [5.74, 6) is -0.255. The zero-order valence-electron chi connectivity index (χ0n) is 11.1. The first-order valence-corrected chi connectivity index (χ1v) is 8.29. The number of hydrogen-bond donors (Lipinski definition) is 3. The van der Waals surface area contributed by atoms with Gasteiger partial charge in [0.2, 0.25) is 15.9 Å². The average Bonchev–Trinajstić information content (AvgIpc) is 2.40. The SMILES string of the molecule is NS(=O)(=O)Cc1ccc(NC(=O)[C@@H]2CCCCN2)cc1. The van der Waals surface area contributed by atoms with Crippen LogP contribution < -0.4 is 15.8 Å². The lowest BCUT2D eigenvalue weighted by Crippen LogP contribution is -2.43. The molecule has 1 heterocycles. The first-order chi connectivity index (χ1) is 9.44. The Morgan fingerprint density at radius 2 is 2.00 bits per heavy atom. The molecule has 1 atom stereocenters. The maximum Gasteiger partial charge on any atom is 0.241 e. The molecule has 0 radical (unpaired) electrons. The molecular weight excluding hydrogens is 278 g/mol. The van der Waals surface area contributed by atoms with E-state index in [0.29, 0.717) is 11.3 Å². The van der Waals surface area contributed by atoms with Gasteiger partial charge in [-0.15, -0.1) is 0 Å². The zero-order valence-corrected chi connectivity index (χ0v) is 11.9. The molecule has 1 fully saturated rings. The molecule has 0 bridgehead atoms. The van der Waals surface area contributed by atoms with Crippen LogP contribution in [0.4, 0.5) is 5.69 Å². The van der Waals surface area contributed by atoms with Gasteiger partial charge in [-0.2, -0.15) is 0 Å². The second-order valence-electron chi connectivity index (χ2n) is 5.00. The number of sulfonamides is 1. The normalized spacial score (nSPS) is 19.6. The third kappa shape index (κ3) is 4.59. The minimum absolute atomic E-state index is 0.0519. The van der Waals surface area contributed by atoms with Crippen molar-refractivity contribution in [2.24, 2.45) is 5.14 Å². The number of nitrogens with two attached hydrogens (primary N) is 1. The number of carbonyl (C=O) groups excluding carboxylic acids is 1. The maximum atomic E-state index is 12.0. The molecule has 7 heteroatoms. The van der Waals surface area contributed by atoms with Crippen LogP contribution in [0.1, 0.15) is 24.8 Å². The van der Waals surface area contributed by atoms with Crippen molar-refractivity contribution in [3.05, 3.63) is 29.8 Å². The smallest absolute Gasteiger partial charge is 0.241 e. The molecule has 1 aliphatic rings. The van der Waals surface area contributed by atoms with Crippen molar-refractivity contribution in [3.8, 4) is 0 Å². The third-order valence-corrected chi connectivity index (χ3v) is 3.95. The van der Waals surface area contributed by atoms with Gasteiger partial charge in [0.15, 0.2) is 0 Å². The van der Waals surface area contributed by atoms with Gasteiger partial charge in [-0.25, -0.2) is 13.6 Å². The summed E-state index contributed by atoms with van der Waals surface area (Å²) in [5.41, 5.74) is 1.25. The highest BCUT2D eigenvalue weighted by Crippen LogP contribution is 2.13. The van der Waals surface area contributed by atoms with Gasteiger partial charge in [0.05, 0.1) is 11.8 Å². The predicted molar refractivity (Wildman–Crippen MR) is 77.5 cm³/mol. The molecule has 110 valence electrons. The largest absolute Gasteiger partial charge is 0.325 e. The van der Waals surface area contributed by atoms with Gasteiger partial charge in [0.1, 0.15) is 0 Å². The number of hydrogen-bond acceptors (Lipinski definition) is 4. The zero-order chi connectivity index (χ0) is 14.6. The van der Waals surface area contributed by atoms with Crippen molar-refractivity contribution in [2.75, 3.05) is 11.9 Å². The summed E-state index contributed by atoms with van der Waals surface area (Å²) in [4.78, 5) is 12.0. The number of piperidine rings is 1. The van der Waals surface area contributed by atoms with E-state index in [-0.39, 0.29) is 17.7 Å². The summed E-state index contributed by atoms with van der Waals surface area (Å²) in [5, 5.41) is 11.0. The highest BCUT2D eigenvalue weighted by Gasteiger charge is 2.20. The van der Waals surface area contributed by atoms with Gasteiger partial charge < -0.3 is 10.6 Å². The summed E-state index contributed by atoms with van der Waals surface area (Å²) >= 11 is 0. The van der Waals surface area contributed by atoms with E-state index in [0.717, 1.165) is 25.8 Å². The molecular formula is C13H19N3O3S. The number of primary sulfonamides is 1. The lowest BCUT2D eigenvalue weighted by molar-refractivity contribution is -0.118. The average molecular weight is 297 g/mol. The van der Waals surface area contributed by atoms with Crippen LogP contribution in [0.3, 0.4) is 0 Å². The highest BCUT2D eigenvalue weighted by atomic mass is 32.2. The van der Waals surface area contributed by atoms with Crippen LogP contribution in [0.2, 0.25) is 0 Å². The Kier molecular flexibility index (Phi) is 4.74. The van der Waals surface area contributed by atoms with E-state index in [1.54, 1.807) is 24.3 Å². The molecule has 4 N–H and O–H groups in total. The molecule has 6 nitrogen and oxygen atoms in total. The van der Waals surface area contributed by atoms with Gasteiger partial charge in [-0.3, -0.25) is 4.79 Å². The van der Waals surface area contributed by atoms with E-state index >= 15 is 0 Å². The first kappa shape index (κ1) is 15.0. The molecule has 20 heavy (non-hydrogen) atoms. The number of amides is 1. The number of carbonyl (C=O) groups is 1. The number of rotatable bonds is 4. The van der Waals surface area contributed by atoms with Crippen molar-refractivity contribution >= 4 is 21.6 Å². The van der Waals surface area contributed by atoms with Crippen LogP contribution in [0.15, 0.2) is 24.3 Å². The van der Waals surface area contributed by atoms with E-state index in [2.05, 4.69) is 10.6 Å². The van der Waals surface area contributed by atoms with E-state index in [1.807, 2.05) is 0 Å². The molecule has 1 aromatic carbocycles. The first-order valence-electron chi connectivity index (χ1n) is 6.58. The van der Waals surface area contributed by atoms with E-state index in [4.69, 9.17) is 5.14 Å². The number of nitrogens with one attached hydrogen (secondary N) is 2. The van der Waals surface area contributed by atoms with Crippen LogP contribution in [0.25, 0.3) is 0 Å². The quantitative estimate of drug-likeness (QED) is 0.755. The van der Waals surface area contributed by atoms with Crippen molar-refractivity contribution in [1.82, 2.24) is 5.32 Å². The molecule has 1 saturated heterocycles. The van der Waals surface area contributed by atoms with Crippen LogP contribution in [0.5, 0.6) is 0 Å². The molecule has 0 aromatic heterocycles. The lowest BCUT2D eigenvalue weighted by atomic mass is 10.0. The Hall–Kier alpha value is -1.44. The number of benzene rings is 1. The van der Waals surface area contributed by atoms with E-state index in [1.165, 1.54) is 0 Å². The summed E-state index contributed by atoms with van der Waals surface area (Å²) in [6, 6.07) is 6.51. The van der Waals surface area contributed by atoms with Crippen LogP contribution in [-0.4, -0.2) is 26.9 Å². The fourth-order valence-electron chi connectivity index (χ4n) is 2.22. The maximum absolute atomic E-state index is 12.0. The lowest BCUT2D eigenvalue weighted by Gasteiger charge is -2.22. The summed E-state index contributed by atoms with van der Waals surface area (Å²) in [7, 11) is -3.53. The molecule has 1 aliphatic heterocycles. The Morgan fingerprint density at radius 3 is 2.55 bits per heavy atom. The molecule has 0 saturated carbocycles.